The maximum atomic E-state index is 12.0. The number of hydrogen-bond acceptors (Lipinski definition) is 3. The van der Waals surface area contributed by atoms with Crippen molar-refractivity contribution in [2.24, 2.45) is 0 Å². The van der Waals surface area contributed by atoms with Gasteiger partial charge in [0.05, 0.1) is 11.1 Å². The van der Waals surface area contributed by atoms with Crippen molar-refractivity contribution >= 4 is 33.2 Å². The third-order valence-corrected chi connectivity index (χ3v) is 4.42. The van der Waals surface area contributed by atoms with Crippen molar-refractivity contribution in [1.29, 1.82) is 0 Å². The molecule has 0 aliphatic carbocycles. The first-order chi connectivity index (χ1) is 8.83. The van der Waals surface area contributed by atoms with Gasteiger partial charge in [-0.3, -0.25) is 0 Å². The fourth-order valence-electron chi connectivity index (χ4n) is 1.36. The number of sulfonamides is 1. The van der Waals surface area contributed by atoms with Gasteiger partial charge in [0.15, 0.2) is 0 Å². The van der Waals surface area contributed by atoms with Crippen LogP contribution in [0, 0.1) is 0 Å². The van der Waals surface area contributed by atoms with Gasteiger partial charge in [-0.05, 0) is 38.5 Å². The Bertz CT molecular complexity index is 518. The molecule has 108 valence electrons. The molecule has 0 bridgehead atoms. The van der Waals surface area contributed by atoms with Gasteiger partial charge in [-0.25, -0.2) is 13.1 Å². The molecule has 0 aromatic heterocycles. The monoisotopic (exact) mass is 325 g/mol. The van der Waals surface area contributed by atoms with Gasteiger partial charge in [-0.2, -0.15) is 0 Å². The van der Waals surface area contributed by atoms with Crippen LogP contribution in [0.2, 0.25) is 10.0 Å². The summed E-state index contributed by atoms with van der Waals surface area (Å²) in [7, 11) is -3.64. The predicted molar refractivity (Wildman–Crippen MR) is 77.4 cm³/mol. The third kappa shape index (κ3) is 5.67. The summed E-state index contributed by atoms with van der Waals surface area (Å²) >= 11 is 11.6. The first-order valence-corrected chi connectivity index (χ1v) is 8.13. The van der Waals surface area contributed by atoms with E-state index in [2.05, 4.69) is 4.72 Å². The first kappa shape index (κ1) is 16.7. The van der Waals surface area contributed by atoms with Crippen molar-refractivity contribution in [3.8, 4) is 0 Å². The van der Waals surface area contributed by atoms with E-state index in [1.54, 1.807) is 6.07 Å². The van der Waals surface area contributed by atoms with E-state index in [1.165, 1.54) is 12.1 Å². The van der Waals surface area contributed by atoms with Crippen LogP contribution in [0.3, 0.4) is 0 Å². The molecule has 0 amide bonds. The molecule has 4 nitrogen and oxygen atoms in total. The van der Waals surface area contributed by atoms with Gasteiger partial charge < -0.3 is 4.74 Å². The van der Waals surface area contributed by atoms with Crippen molar-refractivity contribution in [2.45, 2.75) is 31.3 Å². The molecule has 0 heterocycles. The molecule has 0 radical (unpaired) electrons. The van der Waals surface area contributed by atoms with Gasteiger partial charge in [-0.15, -0.1) is 0 Å². The molecular weight excluding hydrogens is 309 g/mol. The molecule has 19 heavy (non-hydrogen) atoms. The Kier molecular flexibility index (Phi) is 6.56. The van der Waals surface area contributed by atoms with Crippen LogP contribution in [0.4, 0.5) is 0 Å². The normalized spacial score (nSPS) is 12.1. The molecule has 1 aromatic carbocycles. The Labute approximate surface area is 124 Å². The quantitative estimate of drug-likeness (QED) is 0.784. The van der Waals surface area contributed by atoms with Crippen molar-refractivity contribution in [1.82, 2.24) is 4.72 Å². The van der Waals surface area contributed by atoms with Crippen molar-refractivity contribution in [3.05, 3.63) is 28.2 Å². The topological polar surface area (TPSA) is 55.4 Å². The van der Waals surface area contributed by atoms with E-state index in [1.807, 2.05) is 13.8 Å². The van der Waals surface area contributed by atoms with E-state index in [4.69, 9.17) is 27.9 Å². The highest BCUT2D eigenvalue weighted by Gasteiger charge is 2.17. The minimum Gasteiger partial charge on any atom is -0.379 e. The molecule has 1 aromatic rings. The van der Waals surface area contributed by atoms with Crippen LogP contribution in [-0.2, 0) is 14.8 Å². The van der Waals surface area contributed by atoms with Crippen LogP contribution in [0.5, 0.6) is 0 Å². The molecule has 0 fully saturated rings. The summed E-state index contributed by atoms with van der Waals surface area (Å²) < 4.78 is 31.8. The van der Waals surface area contributed by atoms with Crippen LogP contribution in [-0.4, -0.2) is 27.7 Å². The zero-order valence-electron chi connectivity index (χ0n) is 10.8. The Balaban J connectivity index is 2.59. The second-order valence-electron chi connectivity index (χ2n) is 4.25. The Morgan fingerprint density at radius 1 is 1.32 bits per heavy atom. The van der Waals surface area contributed by atoms with Crippen molar-refractivity contribution in [3.63, 3.8) is 0 Å². The number of nitrogens with one attached hydrogen (secondary N) is 1. The second kappa shape index (κ2) is 7.45. The highest BCUT2D eigenvalue weighted by atomic mass is 35.5. The zero-order chi connectivity index (χ0) is 14.5. The fourth-order valence-corrected chi connectivity index (χ4v) is 3.19. The van der Waals surface area contributed by atoms with Gasteiger partial charge in [-0.1, -0.05) is 23.2 Å². The molecule has 0 spiro atoms. The predicted octanol–water partition coefficient (Wildman–Crippen LogP) is 3.09. The molecular formula is C12H17Cl2NO3S. The van der Waals surface area contributed by atoms with Crippen LogP contribution < -0.4 is 4.72 Å². The third-order valence-electron chi connectivity index (χ3n) is 2.25. The number of benzene rings is 1. The van der Waals surface area contributed by atoms with Crippen molar-refractivity contribution < 1.29 is 13.2 Å². The molecule has 0 aliphatic heterocycles. The standard InChI is InChI=1S/C12H17Cl2NO3S/c1-9(2)18-7-3-6-15-19(16,17)12-8-10(13)4-5-11(12)14/h4-5,8-9,15H,3,6-7H2,1-2H3. The van der Waals surface area contributed by atoms with Crippen LogP contribution in [0.15, 0.2) is 23.1 Å². The Morgan fingerprint density at radius 3 is 2.63 bits per heavy atom. The molecule has 0 atom stereocenters. The van der Waals surface area contributed by atoms with E-state index >= 15 is 0 Å². The fraction of sp³-hybridized carbons (Fsp3) is 0.500. The molecule has 0 aliphatic rings. The summed E-state index contributed by atoms with van der Waals surface area (Å²) in [5.74, 6) is 0. The van der Waals surface area contributed by atoms with E-state index < -0.39 is 10.0 Å². The number of hydrogen-bond donors (Lipinski definition) is 1. The summed E-state index contributed by atoms with van der Waals surface area (Å²) in [6, 6.07) is 4.33. The molecule has 0 unspecified atom stereocenters. The molecule has 0 saturated heterocycles. The van der Waals surface area contributed by atoms with E-state index in [-0.39, 0.29) is 22.6 Å². The lowest BCUT2D eigenvalue weighted by Gasteiger charge is -2.10. The average molecular weight is 326 g/mol. The summed E-state index contributed by atoms with van der Waals surface area (Å²) in [5.41, 5.74) is 0. The van der Waals surface area contributed by atoms with Gasteiger partial charge >= 0.3 is 0 Å². The van der Waals surface area contributed by atoms with Crippen LogP contribution >= 0.6 is 23.2 Å². The summed E-state index contributed by atoms with van der Waals surface area (Å²) in [6.45, 7) is 4.65. The summed E-state index contributed by atoms with van der Waals surface area (Å²) in [6.07, 6.45) is 0.731. The zero-order valence-corrected chi connectivity index (χ0v) is 13.1. The number of ether oxygens (including phenoxy) is 1. The Hall–Kier alpha value is -0.330. The lowest BCUT2D eigenvalue weighted by molar-refractivity contribution is 0.0778. The number of rotatable bonds is 7. The number of halogens is 2. The van der Waals surface area contributed by atoms with Crippen LogP contribution in [0.1, 0.15) is 20.3 Å². The highest BCUT2D eigenvalue weighted by Crippen LogP contribution is 2.24. The largest absolute Gasteiger partial charge is 0.379 e. The molecule has 1 N–H and O–H groups in total. The second-order valence-corrected chi connectivity index (χ2v) is 6.82. The summed E-state index contributed by atoms with van der Waals surface area (Å²) in [4.78, 5) is -0.00792. The van der Waals surface area contributed by atoms with Gasteiger partial charge in [0.1, 0.15) is 4.90 Å². The van der Waals surface area contributed by atoms with Gasteiger partial charge in [0.25, 0.3) is 0 Å². The summed E-state index contributed by atoms with van der Waals surface area (Å²) in [5, 5.41) is 0.475. The maximum absolute atomic E-state index is 12.0. The van der Waals surface area contributed by atoms with Gasteiger partial charge in [0.2, 0.25) is 10.0 Å². The van der Waals surface area contributed by atoms with E-state index in [0.717, 1.165) is 0 Å². The van der Waals surface area contributed by atoms with Crippen molar-refractivity contribution in [2.75, 3.05) is 13.2 Å². The van der Waals surface area contributed by atoms with Crippen LogP contribution in [0.25, 0.3) is 0 Å². The average Bonchev–Trinajstić information content (AvgIpc) is 2.31. The van der Waals surface area contributed by atoms with Gasteiger partial charge in [0, 0.05) is 18.2 Å². The minimum atomic E-state index is -3.64. The maximum Gasteiger partial charge on any atom is 0.242 e. The Morgan fingerprint density at radius 2 is 2.00 bits per heavy atom. The molecule has 7 heteroatoms. The molecule has 1 rings (SSSR count). The SMILES string of the molecule is CC(C)OCCCNS(=O)(=O)c1cc(Cl)ccc1Cl. The first-order valence-electron chi connectivity index (χ1n) is 5.89. The minimum absolute atomic E-state index is 0.00792. The lowest BCUT2D eigenvalue weighted by Crippen LogP contribution is -2.26. The smallest absolute Gasteiger partial charge is 0.242 e. The van der Waals surface area contributed by atoms with E-state index in [9.17, 15) is 8.42 Å². The van der Waals surface area contributed by atoms with E-state index in [0.29, 0.717) is 18.1 Å². The lowest BCUT2D eigenvalue weighted by atomic mass is 10.4. The molecule has 0 saturated carbocycles. The highest BCUT2D eigenvalue weighted by molar-refractivity contribution is 7.89.